The van der Waals surface area contributed by atoms with Gasteiger partial charge >= 0.3 is 10.4 Å². The average molecular weight is 808 g/mol. The molecule has 1 aromatic rings. The number of phenols is 1. The third-order valence-corrected chi connectivity index (χ3v) is 9.49. The second-order valence-corrected chi connectivity index (χ2v) is 14.4. The summed E-state index contributed by atoms with van der Waals surface area (Å²) >= 11 is 0. The van der Waals surface area contributed by atoms with Crippen molar-refractivity contribution in [1.82, 2.24) is 20.4 Å². The van der Waals surface area contributed by atoms with Crippen LogP contribution < -0.4 is 32.0 Å². The molecule has 0 spiro atoms. The maximum absolute atomic E-state index is 14.0. The number of carbonyl (C=O) groups excluding carboxylic acids is 6. The third-order valence-electron chi connectivity index (χ3n) is 9.10. The highest BCUT2D eigenvalue weighted by Gasteiger charge is 2.49. The number of rotatable bonds is 16. The molecular formula is C30H45N7O17S. The molecule has 6 amide bonds. The number of amides is 6. The quantitative estimate of drug-likeness (QED) is 0.0690. The Labute approximate surface area is 312 Å². The molecule has 2 saturated heterocycles. The van der Waals surface area contributed by atoms with Gasteiger partial charge in [0.05, 0.1) is 30.8 Å². The largest absolute Gasteiger partial charge is 0.504 e. The van der Waals surface area contributed by atoms with Gasteiger partial charge in [0.25, 0.3) is 0 Å². The molecule has 24 nitrogen and oxygen atoms in total. The van der Waals surface area contributed by atoms with Crippen LogP contribution in [0.4, 0.5) is 0 Å². The lowest BCUT2D eigenvalue weighted by Gasteiger charge is -2.34. The van der Waals surface area contributed by atoms with Crippen LogP contribution in [0.1, 0.15) is 38.4 Å². The predicted molar refractivity (Wildman–Crippen MR) is 181 cm³/mol. The van der Waals surface area contributed by atoms with Crippen molar-refractivity contribution >= 4 is 45.8 Å². The molecule has 12 unspecified atom stereocenters. The summed E-state index contributed by atoms with van der Waals surface area (Å²) in [5.74, 6) is -10.1. The number of nitrogens with one attached hydrogen (secondary N) is 2. The maximum Gasteiger partial charge on any atom is 0.446 e. The predicted octanol–water partition coefficient (Wildman–Crippen LogP) is -7.46. The van der Waals surface area contributed by atoms with E-state index in [4.69, 9.17) is 21.8 Å². The zero-order chi connectivity index (χ0) is 41.9. The number of aliphatic hydroxyl groups excluding tert-OH is 6. The molecule has 0 bridgehead atoms. The zero-order valence-corrected chi connectivity index (χ0v) is 30.1. The highest BCUT2D eigenvalue weighted by atomic mass is 32.3. The number of likely N-dealkylation sites (tertiary alicyclic amines) is 2. The number of primary amides is 2. The van der Waals surface area contributed by atoms with Crippen LogP contribution in [0.25, 0.3) is 0 Å². The standard InChI is InChI=1S/C30H45N7O17S/c1-10-8-37(22(23(10)43)26(33)46)30(50)20(16(41)7-18(31)42)34-28(48)21(25(45)24(44)12-3-4-15(40)17(5-12)54-55(51,52)53)35-27(47)14-6-13(39)9-36(14)29(49)19(32)11(2)38/h3-5,10-11,13-14,16,19-25,38-41,43-45H,6-9,32H2,1-2H3,(H2,31,42)(H2,33,46)(H,34,48)(H,35,47)(H,51,52,53). The molecule has 2 aliphatic heterocycles. The van der Waals surface area contributed by atoms with Crippen molar-refractivity contribution in [1.29, 1.82) is 0 Å². The number of nitrogens with two attached hydrogens (primary N) is 3. The molecule has 25 heteroatoms. The van der Waals surface area contributed by atoms with E-state index >= 15 is 0 Å². The summed E-state index contributed by atoms with van der Waals surface area (Å²) in [5, 5.41) is 78.2. The van der Waals surface area contributed by atoms with E-state index in [2.05, 4.69) is 9.50 Å². The summed E-state index contributed by atoms with van der Waals surface area (Å²) in [6.07, 6.45) is -12.7. The van der Waals surface area contributed by atoms with E-state index in [-0.39, 0.29) is 6.54 Å². The van der Waals surface area contributed by atoms with Gasteiger partial charge in [0.1, 0.15) is 42.4 Å². The molecule has 55 heavy (non-hydrogen) atoms. The fourth-order valence-corrected chi connectivity index (χ4v) is 6.54. The normalized spacial score (nSPS) is 25.2. The molecule has 0 aliphatic carbocycles. The van der Waals surface area contributed by atoms with Gasteiger partial charge in [-0.15, -0.1) is 0 Å². The Kier molecular flexibility index (Phi) is 14.5. The van der Waals surface area contributed by atoms with E-state index in [1.165, 1.54) is 13.8 Å². The lowest BCUT2D eigenvalue weighted by molar-refractivity contribution is -0.147. The van der Waals surface area contributed by atoms with Crippen molar-refractivity contribution in [3.8, 4) is 11.5 Å². The Morgan fingerprint density at radius 3 is 2.13 bits per heavy atom. The lowest BCUT2D eigenvalue weighted by Crippen LogP contribution is -2.64. The number of hydrogen-bond donors (Lipinski definition) is 13. The lowest BCUT2D eigenvalue weighted by atomic mass is 9.96. The number of nitrogens with zero attached hydrogens (tertiary/aromatic N) is 2. The first-order valence-corrected chi connectivity index (χ1v) is 17.9. The Morgan fingerprint density at radius 1 is 0.964 bits per heavy atom. The molecule has 3 rings (SSSR count). The van der Waals surface area contributed by atoms with Crippen LogP contribution >= 0.6 is 0 Å². The van der Waals surface area contributed by atoms with Crippen LogP contribution in [0.2, 0.25) is 0 Å². The van der Waals surface area contributed by atoms with Gasteiger partial charge in [0, 0.05) is 25.4 Å². The number of β-amino-alcohol motifs (C(OH)–C–C–N with tert-alkyl or cyclic N) is 1. The summed E-state index contributed by atoms with van der Waals surface area (Å²) < 4.78 is 35.9. The van der Waals surface area contributed by atoms with Gasteiger partial charge in [-0.05, 0) is 24.6 Å². The van der Waals surface area contributed by atoms with Crippen molar-refractivity contribution in [2.75, 3.05) is 13.1 Å². The molecule has 16 N–H and O–H groups in total. The van der Waals surface area contributed by atoms with Crippen molar-refractivity contribution in [3.05, 3.63) is 23.8 Å². The average Bonchev–Trinajstić information content (AvgIpc) is 3.62. The number of aliphatic hydroxyl groups is 6. The minimum absolute atomic E-state index is 0.345. The van der Waals surface area contributed by atoms with E-state index in [1.54, 1.807) is 0 Å². The number of carbonyl (C=O) groups is 6. The van der Waals surface area contributed by atoms with Gasteiger partial charge in [0.2, 0.25) is 35.4 Å². The smallest absolute Gasteiger partial charge is 0.446 e. The van der Waals surface area contributed by atoms with Crippen LogP contribution in [-0.2, 0) is 39.2 Å². The topological polar surface area (TPSA) is 416 Å². The van der Waals surface area contributed by atoms with E-state index < -0.39 is 155 Å². The molecule has 0 radical (unpaired) electrons. The van der Waals surface area contributed by atoms with Crippen LogP contribution in [0.15, 0.2) is 18.2 Å². The number of aromatic hydroxyl groups is 1. The number of benzene rings is 1. The minimum atomic E-state index is -5.25. The first-order valence-electron chi connectivity index (χ1n) is 16.5. The molecule has 0 aromatic heterocycles. The van der Waals surface area contributed by atoms with Crippen LogP contribution in [0.3, 0.4) is 0 Å². The zero-order valence-electron chi connectivity index (χ0n) is 29.3. The molecule has 0 saturated carbocycles. The first-order chi connectivity index (χ1) is 25.4. The number of phenolic OH excluding ortho intramolecular Hbond substituents is 1. The van der Waals surface area contributed by atoms with Gasteiger partial charge in [-0.3, -0.25) is 33.3 Å². The van der Waals surface area contributed by atoms with Gasteiger partial charge in [0.15, 0.2) is 11.5 Å². The molecule has 1 aromatic carbocycles. The highest BCUT2D eigenvalue weighted by molar-refractivity contribution is 7.81. The number of hydrogen-bond acceptors (Lipinski definition) is 17. The minimum Gasteiger partial charge on any atom is -0.504 e. The summed E-state index contributed by atoms with van der Waals surface area (Å²) in [7, 11) is -5.25. The summed E-state index contributed by atoms with van der Waals surface area (Å²) in [4.78, 5) is 80.1. The van der Waals surface area contributed by atoms with Gasteiger partial charge in [-0.25, -0.2) is 0 Å². The molecular weight excluding hydrogens is 762 g/mol. The Hall–Kier alpha value is -4.73. The van der Waals surface area contributed by atoms with Crippen LogP contribution in [0.5, 0.6) is 11.5 Å². The molecule has 2 aliphatic rings. The van der Waals surface area contributed by atoms with Crippen LogP contribution in [0, 0.1) is 5.92 Å². The Morgan fingerprint density at radius 2 is 1.58 bits per heavy atom. The fourth-order valence-electron chi connectivity index (χ4n) is 6.18. The van der Waals surface area contributed by atoms with Gasteiger partial charge in [-0.1, -0.05) is 13.0 Å². The summed E-state index contributed by atoms with van der Waals surface area (Å²) in [6.45, 7) is 1.81. The third kappa shape index (κ3) is 10.7. The van der Waals surface area contributed by atoms with E-state index in [9.17, 15) is 72.9 Å². The van der Waals surface area contributed by atoms with Crippen molar-refractivity contribution in [3.63, 3.8) is 0 Å². The second-order valence-electron chi connectivity index (χ2n) is 13.4. The van der Waals surface area contributed by atoms with Crippen molar-refractivity contribution < 1.29 is 81.7 Å². The molecule has 308 valence electrons. The van der Waals surface area contributed by atoms with E-state index in [0.717, 1.165) is 17.0 Å². The SMILES string of the molecule is CC(O)C(N)C(=O)N1CC(O)CC1C(=O)NC(C(=O)NC(C(=O)N1CC(C)C(O)C1C(N)=O)C(O)CC(N)=O)C(O)C(O)c1ccc(O)c(OS(=O)(=O)O)c1. The second kappa shape index (κ2) is 17.8. The monoisotopic (exact) mass is 807 g/mol. The van der Waals surface area contributed by atoms with E-state index in [1.807, 2.05) is 5.32 Å². The first kappa shape index (κ1) is 44.7. The Balaban J connectivity index is 2.08. The van der Waals surface area contributed by atoms with Gasteiger partial charge < -0.3 is 77.6 Å². The summed E-state index contributed by atoms with van der Waals surface area (Å²) in [6, 6.07) is -7.25. The molecule has 12 atom stereocenters. The van der Waals surface area contributed by atoms with E-state index in [0.29, 0.717) is 11.0 Å². The fraction of sp³-hybridized carbons (Fsp3) is 0.600. The van der Waals surface area contributed by atoms with Crippen LogP contribution in [-0.4, -0.2) is 168 Å². The maximum atomic E-state index is 14.0. The summed E-state index contributed by atoms with van der Waals surface area (Å²) in [5.41, 5.74) is 15.8. The van der Waals surface area contributed by atoms with Crippen molar-refractivity contribution in [2.45, 2.75) is 93.5 Å². The molecule has 2 heterocycles. The molecule has 2 fully saturated rings. The van der Waals surface area contributed by atoms with Gasteiger partial charge in [-0.2, -0.15) is 8.42 Å². The highest BCUT2D eigenvalue weighted by Crippen LogP contribution is 2.32. The Bertz CT molecular complexity index is 1750. The van der Waals surface area contributed by atoms with Crippen molar-refractivity contribution in [2.24, 2.45) is 23.1 Å².